The number of fused-ring (bicyclic) bond motifs is 1. The number of ether oxygens (including phenoxy) is 2. The third-order valence-electron chi connectivity index (χ3n) is 5.72. The summed E-state index contributed by atoms with van der Waals surface area (Å²) >= 11 is 0. The van der Waals surface area contributed by atoms with Crippen LogP contribution in [0.1, 0.15) is 18.4 Å². The largest absolute Gasteiger partial charge is 0.534 e. The molecule has 2 aromatic rings. The van der Waals surface area contributed by atoms with Crippen molar-refractivity contribution in [2.45, 2.75) is 37.0 Å². The SMILES string of the molecule is O=C(COc1ccccc1)NC1CC(OS(=O)(=O)C(F)(F)F)=C(C(=O)OCc2ccccc2)N2C(=O)C[C@@H]12. The van der Waals surface area contributed by atoms with Crippen molar-refractivity contribution in [1.82, 2.24) is 10.2 Å². The van der Waals surface area contributed by atoms with E-state index < -0.39 is 70.0 Å². The minimum absolute atomic E-state index is 0.154. The zero-order valence-corrected chi connectivity index (χ0v) is 20.3. The van der Waals surface area contributed by atoms with Crippen LogP contribution in [0.5, 0.6) is 5.75 Å². The van der Waals surface area contributed by atoms with Crippen molar-refractivity contribution >= 4 is 27.9 Å². The first-order valence-corrected chi connectivity index (χ1v) is 12.6. The Morgan fingerprint density at radius 2 is 1.63 bits per heavy atom. The summed E-state index contributed by atoms with van der Waals surface area (Å²) in [6.45, 7) is -0.764. The highest BCUT2D eigenvalue weighted by molar-refractivity contribution is 7.87. The molecule has 0 saturated carbocycles. The Morgan fingerprint density at radius 1 is 1.00 bits per heavy atom. The highest BCUT2D eigenvalue weighted by atomic mass is 32.2. The highest BCUT2D eigenvalue weighted by Gasteiger charge is 2.54. The van der Waals surface area contributed by atoms with Crippen molar-refractivity contribution in [2.24, 2.45) is 0 Å². The van der Waals surface area contributed by atoms with Gasteiger partial charge in [0.25, 0.3) is 5.91 Å². The molecule has 2 heterocycles. The number of β-lactam (4-membered cyclic amide) rings is 1. The fraction of sp³-hybridized carbons (Fsp3) is 0.292. The van der Waals surface area contributed by atoms with Crippen LogP contribution in [-0.2, 0) is 40.0 Å². The molecule has 2 aliphatic rings. The second-order valence-corrected chi connectivity index (χ2v) is 9.87. The van der Waals surface area contributed by atoms with E-state index in [0.29, 0.717) is 11.3 Å². The topological polar surface area (TPSA) is 128 Å². The minimum atomic E-state index is -6.20. The maximum Gasteiger partial charge on any atom is 0.534 e. The molecular weight excluding hydrogens is 533 g/mol. The number of carbonyl (C=O) groups is 3. The molecule has 0 spiro atoms. The smallest absolute Gasteiger partial charge is 0.484 e. The lowest BCUT2D eigenvalue weighted by atomic mass is 9.86. The van der Waals surface area contributed by atoms with E-state index in [2.05, 4.69) is 9.50 Å². The maximum atomic E-state index is 13.1. The normalized spacial score (nSPS) is 19.2. The van der Waals surface area contributed by atoms with Crippen LogP contribution in [-0.4, -0.2) is 55.3 Å². The summed E-state index contributed by atoms with van der Waals surface area (Å²) in [6.07, 6.45) is -0.782. The summed E-state index contributed by atoms with van der Waals surface area (Å²) in [4.78, 5) is 38.6. The molecular formula is C24H21F3N2O8S. The van der Waals surface area contributed by atoms with E-state index in [1.54, 1.807) is 60.7 Å². The number of para-hydroxylation sites is 1. The highest BCUT2D eigenvalue weighted by Crippen LogP contribution is 2.39. The average molecular weight is 554 g/mol. The van der Waals surface area contributed by atoms with E-state index in [1.165, 1.54) is 0 Å². The maximum absolute atomic E-state index is 13.1. The Balaban J connectivity index is 1.57. The summed E-state index contributed by atoms with van der Waals surface area (Å²) < 4.78 is 77.7. The van der Waals surface area contributed by atoms with E-state index in [1.807, 2.05) is 0 Å². The fourth-order valence-corrected chi connectivity index (χ4v) is 4.45. The molecule has 2 atom stereocenters. The zero-order valence-electron chi connectivity index (χ0n) is 19.5. The first kappa shape index (κ1) is 27.0. The molecule has 1 unspecified atom stereocenters. The molecule has 14 heteroatoms. The zero-order chi connectivity index (χ0) is 27.5. The molecule has 0 bridgehead atoms. The van der Waals surface area contributed by atoms with Gasteiger partial charge in [-0.05, 0) is 17.7 Å². The average Bonchev–Trinajstić information content (AvgIpc) is 2.87. The number of rotatable bonds is 9. The Hall–Kier alpha value is -4.07. The molecule has 0 aliphatic carbocycles. The second-order valence-electron chi connectivity index (χ2n) is 8.33. The second kappa shape index (κ2) is 10.7. The number of hydrogen-bond donors (Lipinski definition) is 1. The van der Waals surface area contributed by atoms with Crippen LogP contribution in [0.25, 0.3) is 0 Å². The molecule has 1 N–H and O–H groups in total. The van der Waals surface area contributed by atoms with Crippen LogP contribution >= 0.6 is 0 Å². The van der Waals surface area contributed by atoms with Crippen LogP contribution in [0.15, 0.2) is 72.1 Å². The molecule has 1 fully saturated rings. The van der Waals surface area contributed by atoms with Crippen LogP contribution in [0.2, 0.25) is 0 Å². The molecule has 0 aromatic heterocycles. The lowest BCUT2D eigenvalue weighted by molar-refractivity contribution is -0.155. The summed E-state index contributed by atoms with van der Waals surface area (Å²) in [5.74, 6) is -3.22. The molecule has 10 nitrogen and oxygen atoms in total. The first-order chi connectivity index (χ1) is 18.0. The lowest BCUT2D eigenvalue weighted by Crippen LogP contribution is -2.65. The predicted molar refractivity (Wildman–Crippen MR) is 123 cm³/mol. The van der Waals surface area contributed by atoms with Crippen molar-refractivity contribution in [1.29, 1.82) is 0 Å². The van der Waals surface area contributed by atoms with Gasteiger partial charge in [0.15, 0.2) is 18.1 Å². The van der Waals surface area contributed by atoms with Crippen molar-refractivity contribution in [2.75, 3.05) is 6.61 Å². The van der Waals surface area contributed by atoms with Gasteiger partial charge in [0.2, 0.25) is 5.91 Å². The molecule has 2 amide bonds. The van der Waals surface area contributed by atoms with Gasteiger partial charge in [-0.15, -0.1) is 0 Å². The monoisotopic (exact) mass is 554 g/mol. The molecule has 1 saturated heterocycles. The minimum Gasteiger partial charge on any atom is -0.484 e. The molecule has 38 heavy (non-hydrogen) atoms. The van der Waals surface area contributed by atoms with Crippen LogP contribution in [0, 0.1) is 0 Å². The van der Waals surface area contributed by atoms with Crippen molar-refractivity contribution in [3.8, 4) is 5.75 Å². The molecule has 4 rings (SSSR count). The number of hydrogen-bond acceptors (Lipinski definition) is 8. The number of amides is 2. The molecule has 202 valence electrons. The number of alkyl halides is 3. The number of esters is 1. The Kier molecular flexibility index (Phi) is 7.62. The van der Waals surface area contributed by atoms with Crippen molar-refractivity contribution in [3.05, 3.63) is 77.7 Å². The van der Waals surface area contributed by atoms with Gasteiger partial charge in [-0.1, -0.05) is 48.5 Å². The van der Waals surface area contributed by atoms with Gasteiger partial charge < -0.3 is 19.0 Å². The van der Waals surface area contributed by atoms with E-state index in [0.717, 1.165) is 4.90 Å². The number of nitrogens with one attached hydrogen (secondary N) is 1. The van der Waals surface area contributed by atoms with E-state index >= 15 is 0 Å². The first-order valence-electron chi connectivity index (χ1n) is 11.2. The summed E-state index contributed by atoms with van der Waals surface area (Å²) in [7, 11) is -6.20. The summed E-state index contributed by atoms with van der Waals surface area (Å²) in [5, 5.41) is 2.51. The number of nitrogens with zero attached hydrogens (tertiary/aromatic N) is 1. The van der Waals surface area contributed by atoms with Crippen molar-refractivity contribution in [3.63, 3.8) is 0 Å². The number of benzene rings is 2. The molecule has 2 aromatic carbocycles. The van der Waals surface area contributed by atoms with Crippen LogP contribution in [0.3, 0.4) is 0 Å². The number of halogens is 3. The van der Waals surface area contributed by atoms with Gasteiger partial charge in [-0.3, -0.25) is 14.5 Å². The van der Waals surface area contributed by atoms with Gasteiger partial charge in [0, 0.05) is 6.42 Å². The predicted octanol–water partition coefficient (Wildman–Crippen LogP) is 2.38. The standard InChI is InChI=1S/C24H21F3N2O8S/c25-24(26,27)38(33,34)37-19-11-17(28-20(30)14-35-16-9-5-2-6-10-16)18-12-21(31)29(18)22(19)23(32)36-13-15-7-3-1-4-8-15/h1-10,17-18H,11-14H2,(H,28,30)/t17?,18-/m0/s1. The third kappa shape index (κ3) is 5.90. The van der Waals surface area contributed by atoms with E-state index in [9.17, 15) is 36.0 Å². The summed E-state index contributed by atoms with van der Waals surface area (Å²) in [6, 6.07) is 14.7. The Morgan fingerprint density at radius 3 is 2.24 bits per heavy atom. The lowest BCUT2D eigenvalue weighted by Gasteiger charge is -2.48. The third-order valence-corrected chi connectivity index (χ3v) is 6.71. The number of carbonyl (C=O) groups excluding carboxylic acids is 3. The van der Waals surface area contributed by atoms with Gasteiger partial charge in [-0.2, -0.15) is 21.6 Å². The van der Waals surface area contributed by atoms with Crippen LogP contribution < -0.4 is 10.1 Å². The Labute approximate surface area is 215 Å². The van der Waals surface area contributed by atoms with Crippen LogP contribution in [0.4, 0.5) is 13.2 Å². The van der Waals surface area contributed by atoms with Crippen molar-refractivity contribution < 1.29 is 49.6 Å². The van der Waals surface area contributed by atoms with Gasteiger partial charge in [0.1, 0.15) is 12.4 Å². The fourth-order valence-electron chi connectivity index (χ4n) is 3.94. The molecule has 0 radical (unpaired) electrons. The summed E-state index contributed by atoms with van der Waals surface area (Å²) in [5.41, 5.74) is -6.03. The van der Waals surface area contributed by atoms with E-state index in [4.69, 9.17) is 9.47 Å². The van der Waals surface area contributed by atoms with Gasteiger partial charge >= 0.3 is 21.6 Å². The molecule has 2 aliphatic heterocycles. The quantitative estimate of drug-likeness (QED) is 0.217. The Bertz CT molecular complexity index is 1350. The van der Waals surface area contributed by atoms with Gasteiger partial charge in [0.05, 0.1) is 18.5 Å². The van der Waals surface area contributed by atoms with E-state index in [-0.39, 0.29) is 13.0 Å². The van der Waals surface area contributed by atoms with Gasteiger partial charge in [-0.25, -0.2) is 4.79 Å².